The molecule has 3 rings (SSSR count). The molecule has 0 saturated carbocycles. The van der Waals surface area contributed by atoms with Gasteiger partial charge in [-0.05, 0) is 41.0 Å². The topological polar surface area (TPSA) is 20.2 Å². The highest BCUT2D eigenvalue weighted by Crippen LogP contribution is 2.20. The molecule has 0 bridgehead atoms. The molecule has 3 aromatic rings. The third kappa shape index (κ3) is 3.51. The summed E-state index contributed by atoms with van der Waals surface area (Å²) in [4.78, 5) is 0. The predicted molar refractivity (Wildman–Crippen MR) is 96.8 cm³/mol. The molecule has 0 spiro atoms. The summed E-state index contributed by atoms with van der Waals surface area (Å²) in [6, 6.07) is 23.9. The van der Waals surface area contributed by atoms with E-state index < -0.39 is 5.60 Å². The summed E-state index contributed by atoms with van der Waals surface area (Å²) in [6.07, 6.45) is 3.77. The first-order chi connectivity index (χ1) is 11.2. The van der Waals surface area contributed by atoms with Crippen LogP contribution in [0.15, 0.2) is 78.9 Å². The SMILES string of the molecule is C[C@](O)(C#C/C=C\c1cccc2ccccc12)c1ccccc1. The summed E-state index contributed by atoms with van der Waals surface area (Å²) in [5, 5.41) is 12.9. The summed E-state index contributed by atoms with van der Waals surface area (Å²) < 4.78 is 0. The highest BCUT2D eigenvalue weighted by Gasteiger charge is 2.18. The fraction of sp³-hybridized carbons (Fsp3) is 0.0909. The Morgan fingerprint density at radius 3 is 2.39 bits per heavy atom. The third-order valence-corrected chi connectivity index (χ3v) is 3.82. The van der Waals surface area contributed by atoms with Gasteiger partial charge in [0.1, 0.15) is 5.60 Å². The fourth-order valence-electron chi connectivity index (χ4n) is 2.54. The number of aliphatic hydroxyl groups is 1. The number of benzene rings is 3. The third-order valence-electron chi connectivity index (χ3n) is 3.82. The number of fused-ring (bicyclic) bond motifs is 1. The molecule has 0 radical (unpaired) electrons. The Morgan fingerprint density at radius 1 is 0.870 bits per heavy atom. The second kappa shape index (κ2) is 6.52. The summed E-state index contributed by atoms with van der Waals surface area (Å²) in [5.41, 5.74) is 0.771. The summed E-state index contributed by atoms with van der Waals surface area (Å²) in [6.45, 7) is 1.71. The van der Waals surface area contributed by atoms with Crippen molar-refractivity contribution in [3.63, 3.8) is 0 Å². The van der Waals surface area contributed by atoms with E-state index in [4.69, 9.17) is 0 Å². The Hall–Kier alpha value is -2.82. The molecule has 23 heavy (non-hydrogen) atoms. The van der Waals surface area contributed by atoms with E-state index in [2.05, 4.69) is 36.1 Å². The molecule has 0 saturated heterocycles. The normalized spacial score (nSPS) is 13.5. The smallest absolute Gasteiger partial charge is 0.148 e. The van der Waals surface area contributed by atoms with Crippen LogP contribution in [-0.4, -0.2) is 5.11 Å². The number of hydrogen-bond donors (Lipinski definition) is 1. The molecule has 1 nitrogen and oxygen atoms in total. The number of hydrogen-bond acceptors (Lipinski definition) is 1. The molecule has 0 amide bonds. The van der Waals surface area contributed by atoms with Crippen LogP contribution in [0.25, 0.3) is 16.8 Å². The van der Waals surface area contributed by atoms with Crippen LogP contribution in [0, 0.1) is 11.8 Å². The first-order valence-corrected chi connectivity index (χ1v) is 7.62. The average Bonchev–Trinajstić information content (AvgIpc) is 2.59. The number of allylic oxidation sites excluding steroid dienone is 1. The average molecular weight is 298 g/mol. The lowest BCUT2D eigenvalue weighted by Gasteiger charge is -2.16. The summed E-state index contributed by atoms with van der Waals surface area (Å²) in [7, 11) is 0. The van der Waals surface area contributed by atoms with Crippen molar-refractivity contribution in [1.82, 2.24) is 0 Å². The molecule has 0 aliphatic rings. The van der Waals surface area contributed by atoms with Crippen LogP contribution < -0.4 is 0 Å². The highest BCUT2D eigenvalue weighted by atomic mass is 16.3. The monoisotopic (exact) mass is 298 g/mol. The van der Waals surface area contributed by atoms with E-state index in [1.807, 2.05) is 54.6 Å². The first kappa shape index (κ1) is 15.1. The van der Waals surface area contributed by atoms with Crippen LogP contribution in [0.5, 0.6) is 0 Å². The molecule has 0 aliphatic heterocycles. The maximum Gasteiger partial charge on any atom is 0.148 e. The van der Waals surface area contributed by atoms with Crippen molar-refractivity contribution in [2.24, 2.45) is 0 Å². The van der Waals surface area contributed by atoms with Gasteiger partial charge in [-0.1, -0.05) is 84.6 Å². The van der Waals surface area contributed by atoms with Crippen LogP contribution in [0.3, 0.4) is 0 Å². The van der Waals surface area contributed by atoms with Gasteiger partial charge in [-0.3, -0.25) is 0 Å². The number of rotatable bonds is 2. The van der Waals surface area contributed by atoms with Crippen molar-refractivity contribution < 1.29 is 5.11 Å². The van der Waals surface area contributed by atoms with Gasteiger partial charge in [-0.25, -0.2) is 0 Å². The van der Waals surface area contributed by atoms with Gasteiger partial charge in [0.2, 0.25) is 0 Å². The zero-order valence-electron chi connectivity index (χ0n) is 13.0. The minimum absolute atomic E-state index is 0.797. The van der Waals surface area contributed by atoms with E-state index in [1.165, 1.54) is 10.8 Å². The molecule has 0 fully saturated rings. The minimum atomic E-state index is -1.15. The van der Waals surface area contributed by atoms with Gasteiger partial charge in [0, 0.05) is 0 Å². The maximum absolute atomic E-state index is 10.4. The molecular formula is C22H18O. The standard InChI is InChI=1S/C22H18O/c1-22(23,20-14-3-2-4-15-20)17-8-7-11-19-13-9-12-18-10-5-6-16-21(18)19/h2-7,9-16,23H,1H3/b11-7-/t22-/m0/s1. The van der Waals surface area contributed by atoms with Crippen molar-refractivity contribution in [3.05, 3.63) is 90.0 Å². The molecule has 0 heterocycles. The molecule has 1 N–H and O–H groups in total. The Labute approximate surface area is 136 Å². The van der Waals surface area contributed by atoms with Gasteiger partial charge in [-0.2, -0.15) is 0 Å². The van der Waals surface area contributed by atoms with E-state index in [1.54, 1.807) is 13.0 Å². The molecule has 1 atom stereocenters. The molecular weight excluding hydrogens is 280 g/mol. The molecule has 0 aromatic heterocycles. The van der Waals surface area contributed by atoms with Gasteiger partial charge in [0.25, 0.3) is 0 Å². The van der Waals surface area contributed by atoms with Crippen molar-refractivity contribution in [2.75, 3.05) is 0 Å². The van der Waals surface area contributed by atoms with Gasteiger partial charge in [-0.15, -0.1) is 0 Å². The van der Waals surface area contributed by atoms with Gasteiger partial charge >= 0.3 is 0 Å². The lowest BCUT2D eigenvalue weighted by atomic mass is 9.97. The summed E-state index contributed by atoms with van der Waals surface area (Å²) in [5.74, 6) is 5.87. The largest absolute Gasteiger partial charge is 0.374 e. The van der Waals surface area contributed by atoms with E-state index in [0.29, 0.717) is 0 Å². The lowest BCUT2D eigenvalue weighted by molar-refractivity contribution is 0.122. The predicted octanol–water partition coefficient (Wildman–Crippen LogP) is 4.76. The first-order valence-electron chi connectivity index (χ1n) is 7.62. The van der Waals surface area contributed by atoms with Crippen LogP contribution in [-0.2, 0) is 5.60 Å². The molecule has 3 aromatic carbocycles. The van der Waals surface area contributed by atoms with Crippen LogP contribution in [0.2, 0.25) is 0 Å². The maximum atomic E-state index is 10.4. The Morgan fingerprint density at radius 2 is 1.57 bits per heavy atom. The van der Waals surface area contributed by atoms with E-state index in [0.717, 1.165) is 11.1 Å². The zero-order valence-corrected chi connectivity index (χ0v) is 13.0. The molecule has 0 aliphatic carbocycles. The second-order valence-corrected chi connectivity index (χ2v) is 5.61. The lowest BCUT2D eigenvalue weighted by Crippen LogP contribution is -2.17. The van der Waals surface area contributed by atoms with Crippen molar-refractivity contribution >= 4 is 16.8 Å². The Bertz CT molecular complexity index is 888. The fourth-order valence-corrected chi connectivity index (χ4v) is 2.54. The van der Waals surface area contributed by atoms with E-state index in [-0.39, 0.29) is 0 Å². The van der Waals surface area contributed by atoms with Gasteiger partial charge in [0.05, 0.1) is 0 Å². The quantitative estimate of drug-likeness (QED) is 0.676. The van der Waals surface area contributed by atoms with Crippen molar-refractivity contribution in [3.8, 4) is 11.8 Å². The van der Waals surface area contributed by atoms with E-state index in [9.17, 15) is 5.11 Å². The molecule has 1 heteroatoms. The van der Waals surface area contributed by atoms with Crippen molar-refractivity contribution in [2.45, 2.75) is 12.5 Å². The molecule has 0 unspecified atom stereocenters. The van der Waals surface area contributed by atoms with Gasteiger partial charge in [0.15, 0.2) is 0 Å². The second-order valence-electron chi connectivity index (χ2n) is 5.61. The Balaban J connectivity index is 1.84. The minimum Gasteiger partial charge on any atom is -0.374 e. The molecule has 112 valence electrons. The zero-order chi connectivity index (χ0) is 16.1. The Kier molecular flexibility index (Phi) is 4.28. The van der Waals surface area contributed by atoms with Crippen molar-refractivity contribution in [1.29, 1.82) is 0 Å². The summed E-state index contributed by atoms with van der Waals surface area (Å²) >= 11 is 0. The highest BCUT2D eigenvalue weighted by molar-refractivity contribution is 5.90. The van der Waals surface area contributed by atoms with Crippen LogP contribution in [0.4, 0.5) is 0 Å². The van der Waals surface area contributed by atoms with Crippen LogP contribution >= 0.6 is 0 Å². The van der Waals surface area contributed by atoms with Gasteiger partial charge < -0.3 is 5.11 Å². The van der Waals surface area contributed by atoms with Crippen LogP contribution in [0.1, 0.15) is 18.1 Å². The van der Waals surface area contributed by atoms with E-state index >= 15 is 0 Å².